The molecule has 0 aromatic rings. The molecule has 0 spiro atoms. The summed E-state index contributed by atoms with van der Waals surface area (Å²) in [5.41, 5.74) is -0.119. The van der Waals surface area contributed by atoms with E-state index in [4.69, 9.17) is 5.11 Å². The molecule has 0 saturated heterocycles. The predicted molar refractivity (Wildman–Crippen MR) is 64.1 cm³/mol. The van der Waals surface area contributed by atoms with Crippen molar-refractivity contribution >= 4 is 11.9 Å². The summed E-state index contributed by atoms with van der Waals surface area (Å²) in [6.07, 6.45) is 9.61. The molecule has 0 aromatic heterocycles. The minimum absolute atomic E-state index is 0.119. The molecule has 0 unspecified atom stereocenters. The number of carbonyl (C=O) groups is 1. The Morgan fingerprint density at radius 2 is 1.50 bits per heavy atom. The van der Waals surface area contributed by atoms with Crippen LogP contribution in [-0.2, 0) is 9.59 Å². The first-order chi connectivity index (χ1) is 7.72. The van der Waals surface area contributed by atoms with Crippen LogP contribution in [0.5, 0.6) is 0 Å². The van der Waals surface area contributed by atoms with Gasteiger partial charge in [-0.1, -0.05) is 51.9 Å². The molecular formula is C13H22O3. The number of carboxylic acids is 1. The Morgan fingerprint density at radius 3 is 1.94 bits per heavy atom. The molecule has 0 rings (SSSR count). The Bertz CT molecular complexity index is 240. The van der Waals surface area contributed by atoms with E-state index < -0.39 is 5.97 Å². The largest absolute Gasteiger partial charge is 0.477 e. The average Bonchev–Trinajstić information content (AvgIpc) is 2.26. The highest BCUT2D eigenvalue weighted by Crippen LogP contribution is 2.11. The first-order valence-corrected chi connectivity index (χ1v) is 6.19. The third-order valence-corrected chi connectivity index (χ3v) is 2.66. The second kappa shape index (κ2) is 10.4. The first kappa shape index (κ1) is 14.9. The topological polar surface area (TPSA) is 54.4 Å². The zero-order valence-corrected chi connectivity index (χ0v) is 10.1. The van der Waals surface area contributed by atoms with Crippen molar-refractivity contribution in [1.29, 1.82) is 0 Å². The molecule has 0 aromatic carbocycles. The third-order valence-electron chi connectivity index (χ3n) is 2.66. The Morgan fingerprint density at radius 1 is 1.00 bits per heavy atom. The van der Waals surface area contributed by atoms with Crippen molar-refractivity contribution in [1.82, 2.24) is 0 Å². The fraction of sp³-hybridized carbons (Fsp3) is 0.769. The zero-order chi connectivity index (χ0) is 12.2. The lowest BCUT2D eigenvalue weighted by Crippen LogP contribution is -2.01. The molecule has 0 atom stereocenters. The van der Waals surface area contributed by atoms with Gasteiger partial charge in [-0.25, -0.2) is 9.59 Å². The van der Waals surface area contributed by atoms with Crippen molar-refractivity contribution in [2.45, 2.75) is 64.7 Å². The Balaban J connectivity index is 3.33. The van der Waals surface area contributed by atoms with Gasteiger partial charge >= 0.3 is 5.97 Å². The standard InChI is InChI=1S/C13H22O3/c1-2-3-4-5-6-7-8-9-10-12(11-14)13(15)16/h2-10H2,1H3,(H,15,16). The quantitative estimate of drug-likeness (QED) is 0.353. The number of unbranched alkanes of at least 4 members (excludes halogenated alkanes) is 7. The lowest BCUT2D eigenvalue weighted by Gasteiger charge is -2.00. The van der Waals surface area contributed by atoms with Crippen LogP contribution in [0.15, 0.2) is 5.57 Å². The van der Waals surface area contributed by atoms with Gasteiger partial charge in [0.05, 0.1) is 0 Å². The summed E-state index contributed by atoms with van der Waals surface area (Å²) in [5, 5.41) is 8.57. The number of carbonyl (C=O) groups excluding carboxylic acids is 1. The molecule has 0 saturated carbocycles. The SMILES string of the molecule is CCCCCCCCCCC(=C=O)C(=O)O. The summed E-state index contributed by atoms with van der Waals surface area (Å²) in [4.78, 5) is 20.7. The van der Waals surface area contributed by atoms with Gasteiger partial charge in [-0.05, 0) is 12.8 Å². The van der Waals surface area contributed by atoms with E-state index in [0.717, 1.165) is 19.3 Å². The average molecular weight is 226 g/mol. The molecule has 3 heteroatoms. The molecule has 0 heterocycles. The summed E-state index contributed by atoms with van der Waals surface area (Å²) in [6.45, 7) is 2.19. The molecule has 0 aliphatic rings. The lowest BCUT2D eigenvalue weighted by molar-refractivity contribution is -0.132. The third kappa shape index (κ3) is 8.25. The van der Waals surface area contributed by atoms with Crippen LogP contribution in [0, 0.1) is 0 Å². The summed E-state index contributed by atoms with van der Waals surface area (Å²) < 4.78 is 0. The smallest absolute Gasteiger partial charge is 0.342 e. The van der Waals surface area contributed by atoms with Crippen molar-refractivity contribution in [2.75, 3.05) is 0 Å². The maximum atomic E-state index is 10.5. The van der Waals surface area contributed by atoms with Gasteiger partial charge in [-0.15, -0.1) is 0 Å². The normalized spacial score (nSPS) is 9.81. The Labute approximate surface area is 97.5 Å². The summed E-state index contributed by atoms with van der Waals surface area (Å²) in [6, 6.07) is 0. The fourth-order valence-corrected chi connectivity index (χ4v) is 1.64. The van der Waals surface area contributed by atoms with Crippen LogP contribution in [0.3, 0.4) is 0 Å². The molecule has 0 amide bonds. The highest BCUT2D eigenvalue weighted by atomic mass is 16.4. The number of rotatable bonds is 10. The second-order valence-electron chi connectivity index (χ2n) is 4.11. The Hall–Kier alpha value is -1.08. The summed E-state index contributed by atoms with van der Waals surface area (Å²) >= 11 is 0. The fourth-order valence-electron chi connectivity index (χ4n) is 1.64. The maximum Gasteiger partial charge on any atom is 0.342 e. The lowest BCUT2D eigenvalue weighted by atomic mass is 10.1. The summed E-state index contributed by atoms with van der Waals surface area (Å²) in [5.74, 6) is 0.361. The molecule has 92 valence electrons. The van der Waals surface area contributed by atoms with E-state index in [-0.39, 0.29) is 5.57 Å². The van der Waals surface area contributed by atoms with Gasteiger partial charge in [0.2, 0.25) is 0 Å². The predicted octanol–water partition coefficient (Wildman–Crippen LogP) is 3.36. The molecule has 0 aliphatic carbocycles. The summed E-state index contributed by atoms with van der Waals surface area (Å²) in [7, 11) is 0. The van der Waals surface area contributed by atoms with Crippen LogP contribution >= 0.6 is 0 Å². The van der Waals surface area contributed by atoms with E-state index in [1.807, 2.05) is 0 Å². The highest BCUT2D eigenvalue weighted by Gasteiger charge is 2.07. The van der Waals surface area contributed by atoms with Crippen LogP contribution in [0.1, 0.15) is 64.7 Å². The molecule has 0 fully saturated rings. The van der Waals surface area contributed by atoms with Crippen LogP contribution < -0.4 is 0 Å². The van der Waals surface area contributed by atoms with Crippen LogP contribution in [0.25, 0.3) is 0 Å². The van der Waals surface area contributed by atoms with Gasteiger partial charge in [-0.3, -0.25) is 0 Å². The van der Waals surface area contributed by atoms with Crippen molar-refractivity contribution in [3.63, 3.8) is 0 Å². The second-order valence-corrected chi connectivity index (χ2v) is 4.11. The van der Waals surface area contributed by atoms with E-state index in [9.17, 15) is 9.59 Å². The minimum atomic E-state index is -1.13. The molecule has 0 aliphatic heterocycles. The zero-order valence-electron chi connectivity index (χ0n) is 10.1. The van der Waals surface area contributed by atoms with Gasteiger partial charge < -0.3 is 5.11 Å². The van der Waals surface area contributed by atoms with Gasteiger partial charge in [-0.2, -0.15) is 0 Å². The molecule has 0 bridgehead atoms. The highest BCUT2D eigenvalue weighted by molar-refractivity contribution is 5.95. The van der Waals surface area contributed by atoms with E-state index in [1.54, 1.807) is 0 Å². The van der Waals surface area contributed by atoms with Crippen LogP contribution in [-0.4, -0.2) is 17.0 Å². The van der Waals surface area contributed by atoms with Gasteiger partial charge in [0.25, 0.3) is 0 Å². The first-order valence-electron chi connectivity index (χ1n) is 6.19. The van der Waals surface area contributed by atoms with E-state index in [0.29, 0.717) is 6.42 Å². The van der Waals surface area contributed by atoms with E-state index >= 15 is 0 Å². The molecule has 3 nitrogen and oxygen atoms in total. The molecular weight excluding hydrogens is 204 g/mol. The Kier molecular flexibility index (Phi) is 9.73. The maximum absolute atomic E-state index is 10.5. The van der Waals surface area contributed by atoms with E-state index in [1.165, 1.54) is 38.0 Å². The number of hydrogen-bond donors (Lipinski definition) is 1. The van der Waals surface area contributed by atoms with Crippen LogP contribution in [0.4, 0.5) is 0 Å². The number of hydrogen-bond acceptors (Lipinski definition) is 2. The van der Waals surface area contributed by atoms with Crippen LogP contribution in [0.2, 0.25) is 0 Å². The minimum Gasteiger partial charge on any atom is -0.477 e. The van der Waals surface area contributed by atoms with Crippen molar-refractivity contribution in [2.24, 2.45) is 0 Å². The molecule has 0 radical (unpaired) electrons. The van der Waals surface area contributed by atoms with Gasteiger partial charge in [0.1, 0.15) is 11.5 Å². The van der Waals surface area contributed by atoms with Crippen molar-refractivity contribution < 1.29 is 14.7 Å². The number of carboxylic acid groups (broad SMARTS) is 1. The van der Waals surface area contributed by atoms with Crippen molar-refractivity contribution in [3.8, 4) is 0 Å². The van der Waals surface area contributed by atoms with Gasteiger partial charge in [0, 0.05) is 0 Å². The van der Waals surface area contributed by atoms with E-state index in [2.05, 4.69) is 6.92 Å². The molecule has 1 N–H and O–H groups in total. The van der Waals surface area contributed by atoms with Crippen molar-refractivity contribution in [3.05, 3.63) is 5.57 Å². The molecule has 16 heavy (non-hydrogen) atoms. The monoisotopic (exact) mass is 226 g/mol. The van der Waals surface area contributed by atoms with Gasteiger partial charge in [0.15, 0.2) is 0 Å². The number of aliphatic carboxylic acids is 1.